The number of anilines is 1. The van der Waals surface area contributed by atoms with Crippen LogP contribution in [0, 0.1) is 11.7 Å². The van der Waals surface area contributed by atoms with Gasteiger partial charge in [-0.25, -0.2) is 9.37 Å². The van der Waals surface area contributed by atoms with E-state index < -0.39 is 0 Å². The maximum Gasteiger partial charge on any atom is 0.141 e. The summed E-state index contributed by atoms with van der Waals surface area (Å²) in [5, 5.41) is 3.35. The van der Waals surface area contributed by atoms with Crippen LogP contribution in [0.25, 0.3) is 0 Å². The number of halogens is 1. The maximum atomic E-state index is 13.5. The summed E-state index contributed by atoms with van der Waals surface area (Å²) in [5.74, 6) is 1.48. The van der Waals surface area contributed by atoms with E-state index >= 15 is 0 Å². The third-order valence-electron chi connectivity index (χ3n) is 3.70. The summed E-state index contributed by atoms with van der Waals surface area (Å²) in [4.78, 5) is 6.69. The Hall–Kier alpha value is -1.16. The molecular formula is C16H26FN3. The third-order valence-corrected chi connectivity index (χ3v) is 3.70. The molecule has 1 heterocycles. The average Bonchev–Trinajstić information content (AvgIpc) is 3.21. The number of rotatable bonds is 8. The van der Waals surface area contributed by atoms with Crippen molar-refractivity contribution in [3.8, 4) is 0 Å². The molecule has 1 aromatic rings. The normalized spacial score (nSPS) is 14.8. The zero-order chi connectivity index (χ0) is 14.5. The van der Waals surface area contributed by atoms with E-state index in [0.29, 0.717) is 12.6 Å². The van der Waals surface area contributed by atoms with E-state index in [0.717, 1.165) is 36.8 Å². The van der Waals surface area contributed by atoms with Gasteiger partial charge in [0.1, 0.15) is 11.6 Å². The van der Waals surface area contributed by atoms with Crippen LogP contribution in [0.1, 0.15) is 45.6 Å². The fourth-order valence-corrected chi connectivity index (χ4v) is 2.38. The van der Waals surface area contributed by atoms with Gasteiger partial charge in [0, 0.05) is 24.7 Å². The van der Waals surface area contributed by atoms with Crippen LogP contribution in [-0.2, 0) is 6.54 Å². The second kappa shape index (κ2) is 7.02. The number of hydrogen-bond donors (Lipinski definition) is 1. The van der Waals surface area contributed by atoms with Crippen LogP contribution >= 0.6 is 0 Å². The number of aromatic nitrogens is 1. The van der Waals surface area contributed by atoms with Crippen LogP contribution in [0.2, 0.25) is 0 Å². The first-order chi connectivity index (χ1) is 9.61. The second-order valence-electron chi connectivity index (χ2n) is 6.00. The van der Waals surface area contributed by atoms with E-state index in [1.807, 2.05) is 0 Å². The van der Waals surface area contributed by atoms with E-state index in [1.165, 1.54) is 19.0 Å². The summed E-state index contributed by atoms with van der Waals surface area (Å²) in [6.07, 6.45) is 5.04. The predicted octanol–water partition coefficient (Wildman–Crippen LogP) is 3.35. The van der Waals surface area contributed by atoms with E-state index in [1.54, 1.807) is 6.07 Å². The van der Waals surface area contributed by atoms with Gasteiger partial charge in [0.05, 0.1) is 6.20 Å². The minimum atomic E-state index is -0.253. The molecule has 1 aliphatic carbocycles. The van der Waals surface area contributed by atoms with Gasteiger partial charge in [0.15, 0.2) is 0 Å². The van der Waals surface area contributed by atoms with Gasteiger partial charge in [0.2, 0.25) is 0 Å². The molecule has 0 unspecified atom stereocenters. The molecule has 0 atom stereocenters. The summed E-state index contributed by atoms with van der Waals surface area (Å²) in [5.41, 5.74) is 0.966. The maximum absolute atomic E-state index is 13.5. The minimum Gasteiger partial charge on any atom is -0.354 e. The minimum absolute atomic E-state index is 0.253. The zero-order valence-electron chi connectivity index (χ0n) is 12.8. The van der Waals surface area contributed by atoms with Crippen molar-refractivity contribution in [1.29, 1.82) is 0 Å². The standard InChI is InChI=1S/C16H26FN3/c1-4-7-18-9-14-8-15(17)10-19-16(14)20(12(2)3)11-13-5-6-13/h8,10,12-13,18H,4-7,9,11H2,1-3H3. The third kappa shape index (κ3) is 4.17. The molecular weight excluding hydrogens is 253 g/mol. The largest absolute Gasteiger partial charge is 0.354 e. The van der Waals surface area contributed by atoms with Crippen molar-refractivity contribution in [2.75, 3.05) is 18.0 Å². The van der Waals surface area contributed by atoms with Crippen LogP contribution < -0.4 is 10.2 Å². The van der Waals surface area contributed by atoms with Crippen molar-refractivity contribution in [1.82, 2.24) is 10.3 Å². The highest BCUT2D eigenvalue weighted by Gasteiger charge is 2.27. The van der Waals surface area contributed by atoms with Gasteiger partial charge in [-0.3, -0.25) is 0 Å². The Bertz CT molecular complexity index is 430. The lowest BCUT2D eigenvalue weighted by Crippen LogP contribution is -2.35. The molecule has 0 saturated heterocycles. The van der Waals surface area contributed by atoms with Gasteiger partial charge in [-0.2, -0.15) is 0 Å². The Morgan fingerprint density at radius 2 is 2.20 bits per heavy atom. The van der Waals surface area contributed by atoms with Crippen LogP contribution in [0.3, 0.4) is 0 Å². The predicted molar refractivity (Wildman–Crippen MR) is 81.4 cm³/mol. The highest BCUT2D eigenvalue weighted by Crippen LogP contribution is 2.32. The first-order valence-electron chi connectivity index (χ1n) is 7.73. The monoisotopic (exact) mass is 279 g/mol. The van der Waals surface area contributed by atoms with Gasteiger partial charge in [-0.05, 0) is 51.6 Å². The van der Waals surface area contributed by atoms with E-state index in [-0.39, 0.29) is 5.82 Å². The average molecular weight is 279 g/mol. The summed E-state index contributed by atoms with van der Waals surface area (Å²) in [6, 6.07) is 2.01. The van der Waals surface area contributed by atoms with Crippen molar-refractivity contribution in [2.45, 2.75) is 52.6 Å². The Kier molecular flexibility index (Phi) is 5.35. The molecule has 3 nitrogen and oxygen atoms in total. The van der Waals surface area contributed by atoms with Crippen molar-refractivity contribution in [3.05, 3.63) is 23.6 Å². The molecule has 0 bridgehead atoms. The molecule has 20 heavy (non-hydrogen) atoms. The summed E-state index contributed by atoms with van der Waals surface area (Å²) in [6.45, 7) is 9.15. The van der Waals surface area contributed by atoms with Crippen molar-refractivity contribution >= 4 is 5.82 Å². The molecule has 2 rings (SSSR count). The molecule has 1 aliphatic rings. The first-order valence-corrected chi connectivity index (χ1v) is 7.73. The Morgan fingerprint density at radius 3 is 2.80 bits per heavy atom. The fraction of sp³-hybridized carbons (Fsp3) is 0.688. The van der Waals surface area contributed by atoms with Gasteiger partial charge in [0.25, 0.3) is 0 Å². The molecule has 0 aromatic carbocycles. The highest BCUT2D eigenvalue weighted by molar-refractivity contribution is 5.48. The zero-order valence-corrected chi connectivity index (χ0v) is 12.8. The second-order valence-corrected chi connectivity index (χ2v) is 6.00. The van der Waals surface area contributed by atoms with E-state index in [9.17, 15) is 4.39 Å². The fourth-order valence-electron chi connectivity index (χ4n) is 2.38. The van der Waals surface area contributed by atoms with Gasteiger partial charge in [-0.1, -0.05) is 6.92 Å². The van der Waals surface area contributed by atoms with Gasteiger partial charge in [-0.15, -0.1) is 0 Å². The topological polar surface area (TPSA) is 28.2 Å². The quantitative estimate of drug-likeness (QED) is 0.740. The number of nitrogens with zero attached hydrogens (tertiary/aromatic N) is 2. The number of pyridine rings is 1. The lowest BCUT2D eigenvalue weighted by atomic mass is 10.2. The van der Waals surface area contributed by atoms with Gasteiger partial charge >= 0.3 is 0 Å². The van der Waals surface area contributed by atoms with Crippen LogP contribution in [0.5, 0.6) is 0 Å². The smallest absolute Gasteiger partial charge is 0.141 e. The Morgan fingerprint density at radius 1 is 1.45 bits per heavy atom. The molecule has 1 saturated carbocycles. The van der Waals surface area contributed by atoms with Crippen LogP contribution in [-0.4, -0.2) is 24.1 Å². The molecule has 1 N–H and O–H groups in total. The molecule has 0 spiro atoms. The van der Waals surface area contributed by atoms with Crippen molar-refractivity contribution in [2.24, 2.45) is 5.92 Å². The molecule has 1 aromatic heterocycles. The molecule has 0 aliphatic heterocycles. The summed E-state index contributed by atoms with van der Waals surface area (Å²) >= 11 is 0. The molecule has 0 radical (unpaired) electrons. The van der Waals surface area contributed by atoms with E-state index in [2.05, 4.69) is 36.0 Å². The Labute approximate surface area is 121 Å². The van der Waals surface area contributed by atoms with E-state index in [4.69, 9.17) is 0 Å². The molecule has 4 heteroatoms. The number of hydrogen-bond acceptors (Lipinski definition) is 3. The number of nitrogens with one attached hydrogen (secondary N) is 1. The summed E-state index contributed by atoms with van der Waals surface area (Å²) in [7, 11) is 0. The Balaban J connectivity index is 2.17. The molecule has 1 fully saturated rings. The van der Waals surface area contributed by atoms with Crippen LogP contribution in [0.15, 0.2) is 12.3 Å². The summed E-state index contributed by atoms with van der Waals surface area (Å²) < 4.78 is 13.5. The SMILES string of the molecule is CCCNCc1cc(F)cnc1N(CC1CC1)C(C)C. The van der Waals surface area contributed by atoms with Gasteiger partial charge < -0.3 is 10.2 Å². The first kappa shape index (κ1) is 15.2. The molecule has 112 valence electrons. The lowest BCUT2D eigenvalue weighted by Gasteiger charge is -2.30. The highest BCUT2D eigenvalue weighted by atomic mass is 19.1. The molecule has 0 amide bonds. The lowest BCUT2D eigenvalue weighted by molar-refractivity contribution is 0.596. The van der Waals surface area contributed by atoms with Crippen molar-refractivity contribution < 1.29 is 4.39 Å². The van der Waals surface area contributed by atoms with Crippen LogP contribution in [0.4, 0.5) is 10.2 Å². The van der Waals surface area contributed by atoms with Crippen molar-refractivity contribution in [3.63, 3.8) is 0 Å².